The molecule has 1 aliphatic rings. The van der Waals surface area contributed by atoms with Gasteiger partial charge in [0.1, 0.15) is 36.0 Å². The number of hydrogen-bond acceptors (Lipinski definition) is 3. The molecule has 1 aliphatic heterocycles. The second-order valence-corrected chi connectivity index (χ2v) is 6.13. The zero-order chi connectivity index (χ0) is 16.4. The summed E-state index contributed by atoms with van der Waals surface area (Å²) >= 11 is 0. The highest BCUT2D eigenvalue weighted by molar-refractivity contribution is 5.74. The van der Waals surface area contributed by atoms with E-state index in [9.17, 15) is 5.11 Å². The van der Waals surface area contributed by atoms with Crippen molar-refractivity contribution < 1.29 is 14.4 Å². The number of nitrogens with one attached hydrogen (secondary N) is 1. The Bertz CT molecular complexity index is 829. The average molecular weight is 324 g/mol. The molecule has 5 heteroatoms. The van der Waals surface area contributed by atoms with E-state index in [1.165, 1.54) is 5.52 Å². The number of aliphatic hydroxyl groups excluding tert-OH is 1. The number of rotatable bonds is 5. The van der Waals surface area contributed by atoms with Crippen LogP contribution in [0.25, 0.3) is 11.0 Å². The first kappa shape index (κ1) is 15.0. The number of ether oxygens (including phenoxy) is 1. The number of fused-ring (bicyclic) bond motifs is 3. The Kier molecular flexibility index (Phi) is 4.09. The monoisotopic (exact) mass is 324 g/mol. The average Bonchev–Trinajstić information content (AvgIpc) is 2.95. The molecule has 24 heavy (non-hydrogen) atoms. The Balaban J connectivity index is 1.55. The van der Waals surface area contributed by atoms with Gasteiger partial charge in [0.05, 0.1) is 13.1 Å². The predicted octanol–water partition coefficient (Wildman–Crippen LogP) is 2.18. The van der Waals surface area contributed by atoms with Gasteiger partial charge in [-0.05, 0) is 24.3 Å². The second-order valence-electron chi connectivity index (χ2n) is 6.13. The van der Waals surface area contributed by atoms with E-state index in [0.717, 1.165) is 36.7 Å². The van der Waals surface area contributed by atoms with Gasteiger partial charge in [-0.1, -0.05) is 30.3 Å². The quantitative estimate of drug-likeness (QED) is 0.707. The van der Waals surface area contributed by atoms with Crippen LogP contribution in [-0.2, 0) is 13.1 Å². The van der Waals surface area contributed by atoms with Crippen molar-refractivity contribution in [2.24, 2.45) is 0 Å². The number of nitrogens with zero attached hydrogens (tertiary/aromatic N) is 2. The third-order valence-corrected chi connectivity index (χ3v) is 4.40. The third-order valence-electron chi connectivity index (χ3n) is 4.40. The Morgan fingerprint density at radius 3 is 2.79 bits per heavy atom. The lowest BCUT2D eigenvalue weighted by molar-refractivity contribution is -0.661. The Morgan fingerprint density at radius 1 is 1.12 bits per heavy atom. The van der Waals surface area contributed by atoms with Crippen LogP contribution in [0.4, 0.5) is 5.95 Å². The van der Waals surface area contributed by atoms with Gasteiger partial charge in [0.25, 0.3) is 0 Å². The summed E-state index contributed by atoms with van der Waals surface area (Å²) in [6.07, 6.45) is 0.542. The number of imidazole rings is 1. The number of anilines is 1. The van der Waals surface area contributed by atoms with Gasteiger partial charge in [0.2, 0.25) is 0 Å². The van der Waals surface area contributed by atoms with E-state index in [1.807, 2.05) is 36.4 Å². The van der Waals surface area contributed by atoms with Crippen LogP contribution in [0.3, 0.4) is 0 Å². The van der Waals surface area contributed by atoms with Gasteiger partial charge in [-0.2, -0.15) is 0 Å². The zero-order valence-corrected chi connectivity index (χ0v) is 13.6. The summed E-state index contributed by atoms with van der Waals surface area (Å²) in [6.45, 7) is 2.75. The van der Waals surface area contributed by atoms with Crippen LogP contribution in [0, 0.1) is 0 Å². The molecule has 3 aromatic rings. The molecule has 0 unspecified atom stereocenters. The molecule has 0 fully saturated rings. The standard InChI is InChI=1S/C19H21N3O2/c23-15(14-24-16-7-2-1-3-8-16)13-22-18-10-5-4-9-17(18)21-12-6-11-20-19(21)22/h1-5,7-10,15,23H,6,11-14H2/p+1/t15-/m0/s1. The summed E-state index contributed by atoms with van der Waals surface area (Å²) in [6, 6.07) is 17.9. The lowest BCUT2D eigenvalue weighted by Gasteiger charge is -2.15. The SMILES string of the molecule is O[C@H](COc1ccccc1)Cn1c2[n+](c3ccccc31)CCCN2. The van der Waals surface area contributed by atoms with Crippen molar-refractivity contribution >= 4 is 17.0 Å². The fourth-order valence-electron chi connectivity index (χ4n) is 3.31. The van der Waals surface area contributed by atoms with Crippen molar-refractivity contribution in [3.63, 3.8) is 0 Å². The van der Waals surface area contributed by atoms with Crippen molar-refractivity contribution in [2.45, 2.75) is 25.6 Å². The summed E-state index contributed by atoms with van der Waals surface area (Å²) < 4.78 is 10.1. The van der Waals surface area contributed by atoms with E-state index >= 15 is 0 Å². The number of aromatic nitrogens is 2. The molecule has 0 radical (unpaired) electrons. The maximum atomic E-state index is 10.5. The molecule has 5 nitrogen and oxygen atoms in total. The molecule has 0 spiro atoms. The number of aryl methyl sites for hydroxylation is 1. The maximum Gasteiger partial charge on any atom is 0.358 e. The van der Waals surface area contributed by atoms with Gasteiger partial charge in [-0.15, -0.1) is 0 Å². The molecule has 2 aromatic carbocycles. The van der Waals surface area contributed by atoms with Crippen molar-refractivity contribution in [1.82, 2.24) is 4.57 Å². The lowest BCUT2D eigenvalue weighted by atomic mass is 10.3. The smallest absolute Gasteiger partial charge is 0.358 e. The molecule has 0 bridgehead atoms. The van der Waals surface area contributed by atoms with Crippen LogP contribution in [0.15, 0.2) is 54.6 Å². The summed E-state index contributed by atoms with van der Waals surface area (Å²) in [5.74, 6) is 1.85. The third kappa shape index (κ3) is 2.83. The highest BCUT2D eigenvalue weighted by atomic mass is 16.5. The molecule has 124 valence electrons. The van der Waals surface area contributed by atoms with Gasteiger partial charge in [-0.25, -0.2) is 9.13 Å². The summed E-state index contributed by atoms with van der Waals surface area (Å²) in [4.78, 5) is 0. The van der Waals surface area contributed by atoms with E-state index < -0.39 is 6.10 Å². The molecule has 2 N–H and O–H groups in total. The van der Waals surface area contributed by atoms with Gasteiger partial charge in [0.15, 0.2) is 0 Å². The first-order valence-corrected chi connectivity index (χ1v) is 8.44. The first-order chi connectivity index (χ1) is 11.8. The maximum absolute atomic E-state index is 10.5. The van der Waals surface area contributed by atoms with Gasteiger partial charge in [0, 0.05) is 6.42 Å². The molecule has 4 rings (SSSR count). The number of benzene rings is 2. The van der Waals surface area contributed by atoms with E-state index in [-0.39, 0.29) is 6.61 Å². The molecule has 0 saturated heterocycles. The number of aliphatic hydroxyl groups is 1. The molecule has 2 heterocycles. The van der Waals surface area contributed by atoms with Gasteiger partial charge in [-0.3, -0.25) is 5.32 Å². The molecule has 1 aromatic heterocycles. The molecule has 0 aliphatic carbocycles. The number of para-hydroxylation sites is 3. The minimum atomic E-state index is -0.575. The van der Waals surface area contributed by atoms with Gasteiger partial charge >= 0.3 is 5.95 Å². The second kappa shape index (κ2) is 6.53. The first-order valence-electron chi connectivity index (χ1n) is 8.44. The minimum absolute atomic E-state index is 0.274. The van der Waals surface area contributed by atoms with E-state index in [2.05, 4.69) is 32.7 Å². The largest absolute Gasteiger partial charge is 0.491 e. The van der Waals surface area contributed by atoms with E-state index in [1.54, 1.807) is 0 Å². The Hall–Kier alpha value is -2.53. The zero-order valence-electron chi connectivity index (χ0n) is 13.6. The van der Waals surface area contributed by atoms with Crippen LogP contribution in [0.5, 0.6) is 5.75 Å². The van der Waals surface area contributed by atoms with Crippen LogP contribution in [-0.4, -0.2) is 28.9 Å². The fraction of sp³-hybridized carbons (Fsp3) is 0.316. The predicted molar refractivity (Wildman–Crippen MR) is 93.2 cm³/mol. The topological polar surface area (TPSA) is 50.3 Å². The molecular formula is C19H22N3O2+. The summed E-state index contributed by atoms with van der Waals surface area (Å²) in [5.41, 5.74) is 2.34. The summed E-state index contributed by atoms with van der Waals surface area (Å²) in [5, 5.41) is 13.9. The fourth-order valence-corrected chi connectivity index (χ4v) is 3.31. The van der Waals surface area contributed by atoms with Crippen LogP contribution >= 0.6 is 0 Å². The Morgan fingerprint density at radius 2 is 1.92 bits per heavy atom. The molecule has 0 amide bonds. The minimum Gasteiger partial charge on any atom is -0.491 e. The van der Waals surface area contributed by atoms with E-state index in [4.69, 9.17) is 4.74 Å². The number of hydrogen-bond donors (Lipinski definition) is 2. The van der Waals surface area contributed by atoms with Crippen molar-refractivity contribution in [3.8, 4) is 5.75 Å². The lowest BCUT2D eigenvalue weighted by Crippen LogP contribution is -2.42. The van der Waals surface area contributed by atoms with Crippen LogP contribution in [0.2, 0.25) is 0 Å². The molecular weight excluding hydrogens is 302 g/mol. The highest BCUT2D eigenvalue weighted by Gasteiger charge is 2.27. The van der Waals surface area contributed by atoms with Crippen molar-refractivity contribution in [2.75, 3.05) is 18.5 Å². The van der Waals surface area contributed by atoms with Crippen molar-refractivity contribution in [1.29, 1.82) is 0 Å². The summed E-state index contributed by atoms with van der Waals surface area (Å²) in [7, 11) is 0. The van der Waals surface area contributed by atoms with Gasteiger partial charge < -0.3 is 9.84 Å². The molecule has 1 atom stereocenters. The van der Waals surface area contributed by atoms with Crippen LogP contribution < -0.4 is 14.6 Å². The normalized spacial score (nSPS) is 14.9. The molecule has 0 saturated carbocycles. The van der Waals surface area contributed by atoms with E-state index in [0.29, 0.717) is 6.54 Å². The Labute approximate surface area is 141 Å². The van der Waals surface area contributed by atoms with Crippen molar-refractivity contribution in [3.05, 3.63) is 54.6 Å². The highest BCUT2D eigenvalue weighted by Crippen LogP contribution is 2.21. The van der Waals surface area contributed by atoms with Crippen LogP contribution in [0.1, 0.15) is 6.42 Å².